The number of urea groups is 1. The highest BCUT2D eigenvalue weighted by Crippen LogP contribution is 2.43. The molecule has 1 aromatic carbocycles. The summed E-state index contributed by atoms with van der Waals surface area (Å²) in [5.41, 5.74) is 8.13. The Kier molecular flexibility index (Phi) is 5.55. The summed E-state index contributed by atoms with van der Waals surface area (Å²) in [5.74, 6) is -0.497. The van der Waals surface area contributed by atoms with Crippen LogP contribution in [0.3, 0.4) is 0 Å². The van der Waals surface area contributed by atoms with Crippen LogP contribution >= 0.6 is 22.9 Å². The lowest BCUT2D eigenvalue weighted by Crippen LogP contribution is -2.42. The van der Waals surface area contributed by atoms with Crippen molar-refractivity contribution in [2.45, 2.75) is 39.2 Å². The third kappa shape index (κ3) is 4.42. The monoisotopic (exact) mass is 432 g/mol. The standard InChI is InChI=1S/C21H25ClN4O2S/c1-21(8-2-9-21)12-26-10-7-15-16(11-26)29-19(17(15)18(23)27)25-20(28)24-14-5-3-13(22)4-6-14/h3-6H,2,7-12H2,1H3,(H2,23,27)(H2,24,25,28). The summed E-state index contributed by atoms with van der Waals surface area (Å²) in [6.45, 7) is 5.14. The number of fused-ring (bicyclic) bond motifs is 1. The first-order valence-electron chi connectivity index (χ1n) is 9.83. The zero-order chi connectivity index (χ0) is 20.6. The number of anilines is 2. The second-order valence-electron chi connectivity index (χ2n) is 8.28. The van der Waals surface area contributed by atoms with Gasteiger partial charge in [0.2, 0.25) is 0 Å². The molecular formula is C21H25ClN4O2S. The molecule has 1 fully saturated rings. The Labute approximate surface area is 179 Å². The summed E-state index contributed by atoms with van der Waals surface area (Å²) < 4.78 is 0. The fraction of sp³-hybridized carbons (Fsp3) is 0.429. The van der Waals surface area contributed by atoms with Gasteiger partial charge in [0.25, 0.3) is 5.91 Å². The number of carbonyl (C=O) groups excluding carboxylic acids is 2. The maximum absolute atomic E-state index is 12.4. The lowest BCUT2D eigenvalue weighted by Gasteiger charge is -2.43. The maximum Gasteiger partial charge on any atom is 0.324 e. The quantitative estimate of drug-likeness (QED) is 0.640. The molecule has 29 heavy (non-hydrogen) atoms. The summed E-state index contributed by atoms with van der Waals surface area (Å²) in [4.78, 5) is 28.1. The van der Waals surface area contributed by atoms with Gasteiger partial charge < -0.3 is 11.1 Å². The van der Waals surface area contributed by atoms with Crippen LogP contribution in [0.15, 0.2) is 24.3 Å². The first kappa shape index (κ1) is 20.2. The molecule has 4 N–H and O–H groups in total. The first-order valence-corrected chi connectivity index (χ1v) is 11.0. The van der Waals surface area contributed by atoms with Crippen molar-refractivity contribution < 1.29 is 9.59 Å². The van der Waals surface area contributed by atoms with Crippen molar-refractivity contribution in [1.29, 1.82) is 0 Å². The molecule has 1 aromatic heterocycles. The van der Waals surface area contributed by atoms with Crippen molar-refractivity contribution in [2.75, 3.05) is 23.7 Å². The van der Waals surface area contributed by atoms with Gasteiger partial charge in [0.05, 0.1) is 5.56 Å². The number of hydrogen-bond donors (Lipinski definition) is 3. The van der Waals surface area contributed by atoms with Gasteiger partial charge in [0.1, 0.15) is 5.00 Å². The summed E-state index contributed by atoms with van der Waals surface area (Å²) in [6, 6.07) is 6.43. The predicted octanol–water partition coefficient (Wildman–Crippen LogP) is 4.69. The van der Waals surface area contributed by atoms with Crippen LogP contribution in [0, 0.1) is 5.41 Å². The summed E-state index contributed by atoms with van der Waals surface area (Å²) >= 11 is 7.33. The average molecular weight is 433 g/mol. The summed E-state index contributed by atoms with van der Waals surface area (Å²) in [5, 5.41) is 6.68. The maximum atomic E-state index is 12.4. The lowest BCUT2D eigenvalue weighted by atomic mass is 9.70. The van der Waals surface area contributed by atoms with Gasteiger partial charge in [-0.05, 0) is 54.5 Å². The normalized spacial score (nSPS) is 17.9. The molecule has 0 saturated heterocycles. The highest BCUT2D eigenvalue weighted by atomic mass is 35.5. The predicted molar refractivity (Wildman–Crippen MR) is 118 cm³/mol. The molecule has 1 saturated carbocycles. The Morgan fingerprint density at radius 3 is 2.59 bits per heavy atom. The average Bonchev–Trinajstić information content (AvgIpc) is 2.99. The molecule has 6 nitrogen and oxygen atoms in total. The second-order valence-corrected chi connectivity index (χ2v) is 9.82. The fourth-order valence-electron chi connectivity index (χ4n) is 4.22. The minimum absolute atomic E-state index is 0.410. The van der Waals surface area contributed by atoms with Gasteiger partial charge in [-0.2, -0.15) is 0 Å². The van der Waals surface area contributed by atoms with Crippen molar-refractivity contribution in [3.8, 4) is 0 Å². The third-order valence-electron chi connectivity index (χ3n) is 5.88. The van der Waals surface area contributed by atoms with E-state index in [9.17, 15) is 9.59 Å². The molecule has 8 heteroatoms. The highest BCUT2D eigenvalue weighted by molar-refractivity contribution is 7.17. The van der Waals surface area contributed by atoms with Gasteiger partial charge in [-0.3, -0.25) is 15.0 Å². The van der Waals surface area contributed by atoms with Crippen LogP contribution in [0.2, 0.25) is 5.02 Å². The Morgan fingerprint density at radius 1 is 1.24 bits per heavy atom. The molecule has 154 valence electrons. The van der Waals surface area contributed by atoms with Crippen molar-refractivity contribution in [2.24, 2.45) is 11.1 Å². The number of nitrogens with zero attached hydrogens (tertiary/aromatic N) is 1. The molecule has 1 aliphatic heterocycles. The van der Waals surface area contributed by atoms with E-state index in [2.05, 4.69) is 22.5 Å². The summed E-state index contributed by atoms with van der Waals surface area (Å²) in [7, 11) is 0. The Bertz CT molecular complexity index is 937. The zero-order valence-corrected chi connectivity index (χ0v) is 18.0. The summed E-state index contributed by atoms with van der Waals surface area (Å²) in [6.07, 6.45) is 4.66. The molecule has 1 aliphatic carbocycles. The van der Waals surface area contributed by atoms with E-state index in [1.54, 1.807) is 24.3 Å². The van der Waals surface area contributed by atoms with E-state index in [1.165, 1.54) is 30.6 Å². The molecule has 0 radical (unpaired) electrons. The number of primary amides is 1. The number of halogens is 1. The van der Waals surface area contributed by atoms with Crippen LogP contribution < -0.4 is 16.4 Å². The van der Waals surface area contributed by atoms with Gasteiger partial charge >= 0.3 is 6.03 Å². The highest BCUT2D eigenvalue weighted by Gasteiger charge is 2.35. The number of carbonyl (C=O) groups is 2. The van der Waals surface area contributed by atoms with Gasteiger partial charge in [-0.25, -0.2) is 4.79 Å². The van der Waals surface area contributed by atoms with E-state index in [0.717, 1.165) is 36.5 Å². The van der Waals surface area contributed by atoms with E-state index in [-0.39, 0.29) is 0 Å². The van der Waals surface area contributed by atoms with E-state index >= 15 is 0 Å². The van der Waals surface area contributed by atoms with E-state index in [1.807, 2.05) is 0 Å². The number of nitrogens with two attached hydrogens (primary N) is 1. The van der Waals surface area contributed by atoms with Crippen LogP contribution in [0.5, 0.6) is 0 Å². The van der Waals surface area contributed by atoms with E-state index < -0.39 is 11.9 Å². The zero-order valence-electron chi connectivity index (χ0n) is 16.4. The van der Waals surface area contributed by atoms with Gasteiger partial charge in [-0.15, -0.1) is 11.3 Å². The molecule has 0 bridgehead atoms. The molecule has 3 amide bonds. The number of thiophene rings is 1. The number of benzene rings is 1. The van der Waals surface area contributed by atoms with Crippen molar-refractivity contribution in [3.05, 3.63) is 45.3 Å². The van der Waals surface area contributed by atoms with Crippen LogP contribution in [0.25, 0.3) is 0 Å². The Balaban J connectivity index is 1.49. The minimum atomic E-state index is -0.497. The van der Waals surface area contributed by atoms with Crippen molar-refractivity contribution in [1.82, 2.24) is 4.90 Å². The molecule has 2 heterocycles. The Morgan fingerprint density at radius 2 is 1.97 bits per heavy atom. The number of nitrogens with one attached hydrogen (secondary N) is 2. The first-order chi connectivity index (χ1) is 13.8. The molecule has 0 spiro atoms. The molecular weight excluding hydrogens is 408 g/mol. The van der Waals surface area contributed by atoms with Crippen molar-refractivity contribution >= 4 is 45.6 Å². The van der Waals surface area contributed by atoms with Gasteiger partial charge in [0, 0.05) is 35.2 Å². The van der Waals surface area contributed by atoms with Crippen LogP contribution in [-0.4, -0.2) is 29.9 Å². The fourth-order valence-corrected chi connectivity index (χ4v) is 5.63. The van der Waals surface area contributed by atoms with E-state index in [4.69, 9.17) is 17.3 Å². The molecule has 2 aliphatic rings. The largest absolute Gasteiger partial charge is 0.365 e. The topological polar surface area (TPSA) is 87.5 Å². The molecule has 2 aromatic rings. The molecule has 0 unspecified atom stereocenters. The van der Waals surface area contributed by atoms with E-state index in [0.29, 0.717) is 26.7 Å². The van der Waals surface area contributed by atoms with Crippen LogP contribution in [-0.2, 0) is 13.0 Å². The molecule has 4 rings (SSSR count). The minimum Gasteiger partial charge on any atom is -0.365 e. The number of rotatable bonds is 5. The van der Waals surface area contributed by atoms with Crippen molar-refractivity contribution in [3.63, 3.8) is 0 Å². The van der Waals surface area contributed by atoms with Gasteiger partial charge in [0.15, 0.2) is 0 Å². The smallest absolute Gasteiger partial charge is 0.324 e. The third-order valence-corrected chi connectivity index (χ3v) is 7.26. The molecule has 0 atom stereocenters. The number of hydrogen-bond acceptors (Lipinski definition) is 4. The van der Waals surface area contributed by atoms with Gasteiger partial charge in [-0.1, -0.05) is 24.9 Å². The second kappa shape index (κ2) is 7.97. The van der Waals surface area contributed by atoms with Crippen LogP contribution in [0.1, 0.15) is 47.0 Å². The number of amides is 3. The lowest BCUT2D eigenvalue weighted by molar-refractivity contribution is 0.0785. The Hall–Kier alpha value is -2.09. The SMILES string of the molecule is CC1(CN2CCc3c(sc(NC(=O)Nc4ccc(Cl)cc4)c3C(N)=O)C2)CCC1. The van der Waals surface area contributed by atoms with Crippen LogP contribution in [0.4, 0.5) is 15.5 Å².